The highest BCUT2D eigenvalue weighted by Gasteiger charge is 2.44. The molecule has 1 aromatic heterocycles. The summed E-state index contributed by atoms with van der Waals surface area (Å²) in [5.41, 5.74) is -1.91. The number of H-pyrrole nitrogens is 1. The second-order valence-electron chi connectivity index (χ2n) is 11.7. The fourth-order valence-electron chi connectivity index (χ4n) is 5.67. The lowest BCUT2D eigenvalue weighted by Crippen LogP contribution is -2.36. The minimum Gasteiger partial charge on any atom is -0.394 e. The number of nitrogens with one attached hydrogen (secondary N) is 6. The summed E-state index contributed by atoms with van der Waals surface area (Å²) in [5.74, 6) is 0.0194. The van der Waals surface area contributed by atoms with Gasteiger partial charge in [0.1, 0.15) is 24.4 Å². The van der Waals surface area contributed by atoms with Gasteiger partial charge >= 0.3 is 11.7 Å². The van der Waals surface area contributed by atoms with E-state index >= 15 is 0 Å². The van der Waals surface area contributed by atoms with Gasteiger partial charge in [0.25, 0.3) is 5.56 Å². The van der Waals surface area contributed by atoms with Crippen LogP contribution in [0.4, 0.5) is 4.79 Å². The molecule has 0 bridgehead atoms. The molecule has 3 aliphatic rings. The maximum Gasteiger partial charge on any atom is 0.332 e. The average Bonchev–Trinajstić information content (AvgIpc) is 3.68. The maximum absolute atomic E-state index is 12.3. The molecule has 7 atom stereocenters. The van der Waals surface area contributed by atoms with Gasteiger partial charge < -0.3 is 46.6 Å². The summed E-state index contributed by atoms with van der Waals surface area (Å²) in [6, 6.07) is 0.290. The van der Waals surface area contributed by atoms with E-state index in [4.69, 9.17) is 4.74 Å². The summed E-state index contributed by atoms with van der Waals surface area (Å²) in [4.78, 5) is 74.3. The predicted octanol–water partition coefficient (Wildman–Crippen LogP) is -2.25. The number of aliphatic hydroxyl groups excluding tert-OH is 3. The second kappa shape index (κ2) is 17.4. The zero-order chi connectivity index (χ0) is 33.9. The Morgan fingerprint density at radius 1 is 0.979 bits per heavy atom. The molecular weight excluding hydrogens is 638 g/mol. The van der Waals surface area contributed by atoms with Crippen molar-refractivity contribution in [2.24, 2.45) is 0 Å². The zero-order valence-electron chi connectivity index (χ0n) is 25.8. The lowest BCUT2D eigenvalue weighted by atomic mass is 10.0. The molecule has 3 saturated heterocycles. The van der Waals surface area contributed by atoms with Crippen LogP contribution in [-0.2, 0) is 19.1 Å². The van der Waals surface area contributed by atoms with E-state index < -0.39 is 48.2 Å². The first-order chi connectivity index (χ1) is 22.6. The summed E-state index contributed by atoms with van der Waals surface area (Å²) in [6.07, 6.45) is 3.21. The van der Waals surface area contributed by atoms with Crippen LogP contribution in [0.25, 0.3) is 6.20 Å². The number of amides is 5. The van der Waals surface area contributed by atoms with Gasteiger partial charge in [-0.05, 0) is 25.7 Å². The van der Waals surface area contributed by atoms with Crippen molar-refractivity contribution < 1.29 is 39.2 Å². The van der Waals surface area contributed by atoms with Gasteiger partial charge in [0.05, 0.1) is 30.9 Å². The first-order valence-electron chi connectivity index (χ1n) is 15.7. The normalized spacial score (nSPS) is 26.5. The fourth-order valence-corrected chi connectivity index (χ4v) is 7.22. The zero-order valence-corrected chi connectivity index (χ0v) is 26.6. The molecular formula is C29H43N7O10S. The average molecular weight is 682 g/mol. The van der Waals surface area contributed by atoms with Crippen molar-refractivity contribution in [2.45, 2.75) is 93.1 Å². The van der Waals surface area contributed by atoms with Crippen molar-refractivity contribution in [1.29, 1.82) is 0 Å². The number of aromatic amines is 1. The van der Waals surface area contributed by atoms with E-state index in [9.17, 15) is 44.1 Å². The van der Waals surface area contributed by atoms with Crippen molar-refractivity contribution in [1.82, 2.24) is 36.1 Å². The summed E-state index contributed by atoms with van der Waals surface area (Å²) in [6.45, 7) is -0.214. The molecule has 0 spiro atoms. The summed E-state index contributed by atoms with van der Waals surface area (Å²) < 4.78 is 6.22. The van der Waals surface area contributed by atoms with Gasteiger partial charge in [-0.2, -0.15) is 11.8 Å². The summed E-state index contributed by atoms with van der Waals surface area (Å²) in [7, 11) is 0. The number of rotatable bonds is 17. The largest absolute Gasteiger partial charge is 0.394 e. The molecule has 17 nitrogen and oxygen atoms in total. The van der Waals surface area contributed by atoms with Crippen molar-refractivity contribution in [3.63, 3.8) is 0 Å². The van der Waals surface area contributed by atoms with Gasteiger partial charge in [0.2, 0.25) is 17.7 Å². The molecule has 5 amide bonds. The Bertz CT molecular complexity index is 1420. The van der Waals surface area contributed by atoms with E-state index in [0.717, 1.165) is 60.9 Å². The van der Waals surface area contributed by atoms with Gasteiger partial charge in [-0.1, -0.05) is 12.8 Å². The van der Waals surface area contributed by atoms with Crippen LogP contribution < -0.4 is 37.8 Å². The number of hydrogen-bond acceptors (Lipinski definition) is 11. The topological polar surface area (TPSA) is 253 Å². The van der Waals surface area contributed by atoms with Crippen LogP contribution in [0.5, 0.6) is 0 Å². The van der Waals surface area contributed by atoms with Crippen molar-refractivity contribution >= 4 is 41.7 Å². The van der Waals surface area contributed by atoms with Gasteiger partial charge in [-0.15, -0.1) is 0 Å². The minimum atomic E-state index is -1.52. The van der Waals surface area contributed by atoms with Crippen LogP contribution in [0.1, 0.15) is 63.0 Å². The lowest BCUT2D eigenvalue weighted by Gasteiger charge is -2.16. The highest BCUT2D eigenvalue weighted by Crippen LogP contribution is 2.33. The number of urea groups is 1. The van der Waals surface area contributed by atoms with Crippen molar-refractivity contribution in [2.75, 3.05) is 25.6 Å². The molecule has 3 aliphatic heterocycles. The van der Waals surface area contributed by atoms with E-state index in [1.807, 2.05) is 16.7 Å². The predicted molar refractivity (Wildman–Crippen MR) is 170 cm³/mol. The molecule has 9 N–H and O–H groups in total. The van der Waals surface area contributed by atoms with Crippen molar-refractivity contribution in [3.05, 3.63) is 38.7 Å². The number of unbranched alkanes of at least 4 members (excludes halogenated alkanes) is 3. The number of hydrogen-bond donors (Lipinski definition) is 9. The van der Waals surface area contributed by atoms with Crippen LogP contribution >= 0.6 is 11.8 Å². The third kappa shape index (κ3) is 10.1. The number of ether oxygens (including phenoxy) is 1. The number of aliphatic hydroxyl groups is 3. The van der Waals surface area contributed by atoms with E-state index in [-0.39, 0.29) is 48.6 Å². The van der Waals surface area contributed by atoms with E-state index in [1.165, 1.54) is 0 Å². The first kappa shape index (κ1) is 36.1. The smallest absolute Gasteiger partial charge is 0.332 e. The Morgan fingerprint density at radius 3 is 2.47 bits per heavy atom. The van der Waals surface area contributed by atoms with E-state index in [2.05, 4.69) is 26.6 Å². The standard InChI is InChI=1S/C29H43N7O10S/c37-13-18-24(41)25(42)26(46-18)16-12-36(29(45)35-27(16)43)11-9-22(40)32-15-31-21(39)7-2-1-5-10-30-20(38)8-4-3-6-19-23-17(14-47-19)33-28(44)34-23/h9,11-12,17-19,23-26,37,41-42H,1-8,10,13-15H2,(H,30,38)(H,31,39)(H,32,40)(H2,33,34,44)(H,35,43,45). The number of thioether (sulfide) groups is 1. The third-order valence-corrected chi connectivity index (χ3v) is 9.77. The molecule has 0 radical (unpaired) electrons. The van der Waals surface area contributed by atoms with Gasteiger partial charge in [-0.25, -0.2) is 9.59 Å². The van der Waals surface area contributed by atoms with Crippen LogP contribution in [0.15, 0.2) is 21.9 Å². The lowest BCUT2D eigenvalue weighted by molar-refractivity contribution is -0.122. The molecule has 18 heteroatoms. The number of fused-ring (bicyclic) bond motifs is 1. The van der Waals surface area contributed by atoms with Crippen LogP contribution in [0.3, 0.4) is 0 Å². The first-order valence-corrected chi connectivity index (χ1v) is 16.8. The summed E-state index contributed by atoms with van der Waals surface area (Å²) in [5, 5.41) is 43.6. The maximum atomic E-state index is 12.3. The van der Waals surface area contributed by atoms with Crippen LogP contribution in [0.2, 0.25) is 0 Å². The Kier molecular flexibility index (Phi) is 13.4. The highest BCUT2D eigenvalue weighted by molar-refractivity contribution is 8.00. The molecule has 260 valence electrons. The van der Waals surface area contributed by atoms with E-state index in [0.29, 0.717) is 24.6 Å². The second-order valence-corrected chi connectivity index (χ2v) is 12.9. The van der Waals surface area contributed by atoms with Crippen LogP contribution in [0, 0.1) is 0 Å². The third-order valence-electron chi connectivity index (χ3n) is 8.26. The Balaban J connectivity index is 1.03. The van der Waals surface area contributed by atoms with E-state index in [1.54, 1.807) is 0 Å². The molecule has 0 aliphatic carbocycles. The number of aromatic nitrogens is 2. The van der Waals surface area contributed by atoms with Crippen LogP contribution in [-0.4, -0.2) is 110 Å². The molecule has 0 saturated carbocycles. The molecule has 3 fully saturated rings. The SMILES string of the molecule is O=C(C=Cn1cc(C2OC(CO)C(O)C2O)c(=O)[nH]c1=O)NCNC(=O)CCCCCNC(=O)CCCCC1SCC2NC(=O)NC21. The molecule has 7 unspecified atom stereocenters. The number of carbonyl (C=O) groups excluding carboxylic acids is 4. The molecule has 0 aromatic carbocycles. The Morgan fingerprint density at radius 2 is 1.72 bits per heavy atom. The van der Waals surface area contributed by atoms with Gasteiger partial charge in [0.15, 0.2) is 0 Å². The molecule has 47 heavy (non-hydrogen) atoms. The van der Waals surface area contributed by atoms with Gasteiger partial charge in [-0.3, -0.25) is 28.7 Å². The van der Waals surface area contributed by atoms with Crippen molar-refractivity contribution in [3.8, 4) is 0 Å². The fraction of sp³-hybridized carbons (Fsp3) is 0.655. The number of nitrogens with zero attached hydrogens (tertiary/aromatic N) is 1. The van der Waals surface area contributed by atoms with Gasteiger partial charge in [0, 0.05) is 48.9 Å². The highest BCUT2D eigenvalue weighted by atomic mass is 32.2. The molecule has 4 rings (SSSR count). The summed E-state index contributed by atoms with van der Waals surface area (Å²) >= 11 is 1.86. The Labute approximate surface area is 274 Å². The monoisotopic (exact) mass is 681 g/mol. The Hall–Kier alpha value is -3.71. The minimum absolute atomic E-state index is 0.00356. The molecule has 4 heterocycles. The number of carbonyl (C=O) groups is 4. The molecule has 1 aromatic rings. The quantitative estimate of drug-likeness (QED) is 0.0368.